The molecule has 0 saturated carbocycles. The zero-order valence-electron chi connectivity index (χ0n) is 14.6. The van der Waals surface area contributed by atoms with E-state index in [1.807, 2.05) is 23.8 Å². The van der Waals surface area contributed by atoms with Crippen LogP contribution in [0.1, 0.15) is 37.2 Å². The lowest BCUT2D eigenvalue weighted by atomic mass is 9.88. The van der Waals surface area contributed by atoms with E-state index < -0.39 is 12.3 Å². The zero-order valence-corrected chi connectivity index (χ0v) is 15.4. The van der Waals surface area contributed by atoms with Gasteiger partial charge >= 0.3 is 5.97 Å². The van der Waals surface area contributed by atoms with Gasteiger partial charge in [-0.2, -0.15) is 11.3 Å². The van der Waals surface area contributed by atoms with Crippen LogP contribution in [-0.2, 0) is 14.3 Å². The van der Waals surface area contributed by atoms with Crippen molar-refractivity contribution in [2.24, 2.45) is 5.92 Å². The van der Waals surface area contributed by atoms with Crippen LogP contribution < -0.4 is 0 Å². The molecule has 2 N–H and O–H groups in total. The molecule has 2 heterocycles. The highest BCUT2D eigenvalue weighted by Crippen LogP contribution is 2.36. The largest absolute Gasteiger partial charge is 0.507 e. The predicted octanol–water partition coefficient (Wildman–Crippen LogP) is 4.45. The molecule has 0 spiro atoms. The van der Waals surface area contributed by atoms with Crippen LogP contribution in [0.4, 0.5) is 0 Å². The van der Waals surface area contributed by atoms with Crippen molar-refractivity contribution in [3.8, 4) is 5.75 Å². The first kappa shape index (κ1) is 18.6. The number of hydrogen-bond donors (Lipinski definition) is 2. The number of thiophene rings is 1. The lowest BCUT2D eigenvalue weighted by Crippen LogP contribution is -2.31. The molecule has 0 radical (unpaired) electrons. The lowest BCUT2D eigenvalue weighted by Gasteiger charge is -2.30. The number of aliphatic carboxylic acids is 1. The molecule has 138 valence electrons. The molecule has 1 aliphatic rings. The molecule has 26 heavy (non-hydrogen) atoms. The van der Waals surface area contributed by atoms with Crippen LogP contribution in [0.2, 0.25) is 0 Å². The standard InChI is InChI=1S/C20H22O5S/c1-2-5-16(15-6-3-4-7-17(15)21)18(19(22)23)14-10-24-20(25-11-14)13-8-9-26-12-13/h3-4,6-9,12,14,20-21H,2,5,10-11H2,1H3,(H,22,23). The van der Waals surface area contributed by atoms with Crippen molar-refractivity contribution in [1.29, 1.82) is 0 Å². The Labute approximate surface area is 156 Å². The summed E-state index contributed by atoms with van der Waals surface area (Å²) in [6.07, 6.45) is 0.878. The van der Waals surface area contributed by atoms with Crippen LogP contribution >= 0.6 is 11.3 Å². The highest BCUT2D eigenvalue weighted by molar-refractivity contribution is 7.07. The summed E-state index contributed by atoms with van der Waals surface area (Å²) in [6.45, 7) is 2.52. The van der Waals surface area contributed by atoms with Gasteiger partial charge in [0.25, 0.3) is 0 Å². The van der Waals surface area contributed by atoms with Crippen LogP contribution in [0.25, 0.3) is 5.57 Å². The van der Waals surface area contributed by atoms with E-state index in [9.17, 15) is 15.0 Å². The number of phenols is 1. The fourth-order valence-corrected chi connectivity index (χ4v) is 3.88. The molecule has 0 unspecified atom stereocenters. The minimum absolute atomic E-state index is 0.0866. The van der Waals surface area contributed by atoms with Crippen LogP contribution in [-0.4, -0.2) is 29.4 Å². The summed E-state index contributed by atoms with van der Waals surface area (Å²) in [5, 5.41) is 24.0. The molecular weight excluding hydrogens is 352 g/mol. The Kier molecular flexibility index (Phi) is 6.08. The van der Waals surface area contributed by atoms with Gasteiger partial charge in [-0.25, -0.2) is 4.79 Å². The van der Waals surface area contributed by atoms with E-state index in [1.54, 1.807) is 35.6 Å². The van der Waals surface area contributed by atoms with Gasteiger partial charge in [0.05, 0.1) is 13.2 Å². The fraction of sp³-hybridized carbons (Fsp3) is 0.350. The van der Waals surface area contributed by atoms with Crippen LogP contribution in [0, 0.1) is 5.92 Å². The summed E-state index contributed by atoms with van der Waals surface area (Å²) < 4.78 is 11.6. The number of carboxylic acid groups (broad SMARTS) is 1. The summed E-state index contributed by atoms with van der Waals surface area (Å²) in [5.41, 5.74) is 2.41. The number of carbonyl (C=O) groups is 1. The predicted molar refractivity (Wildman–Crippen MR) is 100 cm³/mol. The van der Waals surface area contributed by atoms with Gasteiger partial charge < -0.3 is 19.7 Å². The van der Waals surface area contributed by atoms with E-state index in [0.717, 1.165) is 12.0 Å². The normalized spacial score (nSPS) is 21.3. The van der Waals surface area contributed by atoms with Gasteiger partial charge in [0.2, 0.25) is 0 Å². The SMILES string of the molecule is CCCC(=C(C(=O)O)C1COC(c2ccsc2)OC1)c1ccccc1O. The molecule has 1 saturated heterocycles. The zero-order chi connectivity index (χ0) is 18.5. The van der Waals surface area contributed by atoms with E-state index in [0.29, 0.717) is 17.6 Å². The molecule has 2 aromatic rings. The average molecular weight is 374 g/mol. The van der Waals surface area contributed by atoms with E-state index in [4.69, 9.17) is 9.47 Å². The number of benzene rings is 1. The summed E-state index contributed by atoms with van der Waals surface area (Å²) in [6, 6.07) is 8.78. The Morgan fingerprint density at radius 2 is 1.96 bits per heavy atom. The third kappa shape index (κ3) is 3.98. The minimum atomic E-state index is -0.997. The van der Waals surface area contributed by atoms with Crippen LogP contribution in [0.15, 0.2) is 46.7 Å². The number of rotatable bonds is 6. The van der Waals surface area contributed by atoms with Gasteiger partial charge in [0.15, 0.2) is 6.29 Å². The van der Waals surface area contributed by atoms with Crippen molar-refractivity contribution in [2.75, 3.05) is 13.2 Å². The Bertz CT molecular complexity index is 773. The monoisotopic (exact) mass is 374 g/mol. The molecule has 5 nitrogen and oxygen atoms in total. The molecule has 1 fully saturated rings. The maximum atomic E-state index is 12.1. The first-order valence-electron chi connectivity index (χ1n) is 8.61. The van der Waals surface area contributed by atoms with Crippen molar-refractivity contribution in [2.45, 2.75) is 26.1 Å². The van der Waals surface area contributed by atoms with Gasteiger partial charge in [0.1, 0.15) is 5.75 Å². The molecule has 0 atom stereocenters. The molecule has 0 aliphatic carbocycles. The molecule has 6 heteroatoms. The minimum Gasteiger partial charge on any atom is -0.507 e. The molecule has 3 rings (SSSR count). The van der Waals surface area contributed by atoms with Crippen molar-refractivity contribution in [3.05, 3.63) is 57.8 Å². The average Bonchev–Trinajstić information content (AvgIpc) is 3.17. The number of hydrogen-bond acceptors (Lipinski definition) is 5. The second-order valence-corrected chi connectivity index (χ2v) is 7.00. The number of para-hydroxylation sites is 1. The quantitative estimate of drug-likeness (QED) is 0.731. The lowest BCUT2D eigenvalue weighted by molar-refractivity contribution is -0.200. The van der Waals surface area contributed by atoms with E-state index in [2.05, 4.69) is 0 Å². The van der Waals surface area contributed by atoms with E-state index in [1.165, 1.54) is 0 Å². The van der Waals surface area contributed by atoms with Crippen molar-refractivity contribution < 1.29 is 24.5 Å². The van der Waals surface area contributed by atoms with E-state index in [-0.39, 0.29) is 30.5 Å². The Morgan fingerprint density at radius 3 is 2.54 bits per heavy atom. The van der Waals surface area contributed by atoms with E-state index >= 15 is 0 Å². The molecule has 0 bridgehead atoms. The summed E-state index contributed by atoms with van der Waals surface area (Å²) in [7, 11) is 0. The summed E-state index contributed by atoms with van der Waals surface area (Å²) in [5.74, 6) is -1.30. The van der Waals surface area contributed by atoms with Gasteiger partial charge in [-0.05, 0) is 34.9 Å². The number of carboxylic acids is 1. The number of phenolic OH excluding ortho intramolecular Hbond substituents is 1. The van der Waals surface area contributed by atoms with Gasteiger partial charge in [-0.1, -0.05) is 31.5 Å². The molecular formula is C20H22O5S. The maximum absolute atomic E-state index is 12.1. The summed E-state index contributed by atoms with van der Waals surface area (Å²) in [4.78, 5) is 12.1. The molecule has 1 aromatic carbocycles. The Balaban J connectivity index is 1.91. The number of allylic oxidation sites excluding steroid dienone is 1. The number of aromatic hydroxyl groups is 1. The highest BCUT2D eigenvalue weighted by Gasteiger charge is 2.32. The first-order valence-corrected chi connectivity index (χ1v) is 9.56. The third-order valence-electron chi connectivity index (χ3n) is 4.41. The fourth-order valence-electron chi connectivity index (χ4n) is 3.21. The molecule has 1 aliphatic heterocycles. The van der Waals surface area contributed by atoms with Crippen LogP contribution in [0.5, 0.6) is 5.75 Å². The van der Waals surface area contributed by atoms with Crippen molar-refractivity contribution >= 4 is 22.9 Å². The Morgan fingerprint density at radius 1 is 1.23 bits per heavy atom. The Hall–Kier alpha value is -2.15. The topological polar surface area (TPSA) is 76.0 Å². The van der Waals surface area contributed by atoms with Crippen molar-refractivity contribution in [1.82, 2.24) is 0 Å². The third-order valence-corrected chi connectivity index (χ3v) is 5.11. The molecule has 0 amide bonds. The van der Waals surface area contributed by atoms with Gasteiger partial charge in [0, 0.05) is 22.6 Å². The second kappa shape index (κ2) is 8.49. The second-order valence-electron chi connectivity index (χ2n) is 6.22. The van der Waals surface area contributed by atoms with Crippen LogP contribution in [0.3, 0.4) is 0 Å². The smallest absolute Gasteiger partial charge is 0.332 e. The summed E-state index contributed by atoms with van der Waals surface area (Å²) >= 11 is 1.56. The van der Waals surface area contributed by atoms with Gasteiger partial charge in [-0.15, -0.1) is 0 Å². The van der Waals surface area contributed by atoms with Gasteiger partial charge in [-0.3, -0.25) is 0 Å². The van der Waals surface area contributed by atoms with Crippen molar-refractivity contribution in [3.63, 3.8) is 0 Å². The maximum Gasteiger partial charge on any atom is 0.332 e. The highest BCUT2D eigenvalue weighted by atomic mass is 32.1. The first-order chi connectivity index (χ1) is 12.6. The molecule has 1 aromatic heterocycles. The number of ether oxygens (including phenoxy) is 2.